The van der Waals surface area contributed by atoms with E-state index in [0.29, 0.717) is 16.8 Å². The number of hydrogen-bond donors (Lipinski definition) is 2. The molecule has 0 spiro atoms. The molecule has 3 heterocycles. The number of carbonyl (C=O) groups is 1. The molecule has 7 heteroatoms. The zero-order valence-corrected chi connectivity index (χ0v) is 21.1. The van der Waals surface area contributed by atoms with Gasteiger partial charge in [0.2, 0.25) is 0 Å². The number of aromatic nitrogens is 4. The fraction of sp³-hybridized carbons (Fsp3) is 0.241. The Morgan fingerprint density at radius 3 is 2.53 bits per heavy atom. The maximum absolute atomic E-state index is 13.3. The average molecular weight is 480 g/mol. The number of nitrogens with one attached hydrogen (secondary N) is 2. The first-order valence-electron chi connectivity index (χ1n) is 12.1. The van der Waals surface area contributed by atoms with Gasteiger partial charge in [-0.2, -0.15) is 5.10 Å². The van der Waals surface area contributed by atoms with Gasteiger partial charge in [0.1, 0.15) is 5.52 Å². The molecule has 0 saturated carbocycles. The molecule has 0 aliphatic carbocycles. The van der Waals surface area contributed by atoms with Gasteiger partial charge in [-0.1, -0.05) is 55.8 Å². The van der Waals surface area contributed by atoms with Crippen molar-refractivity contribution in [1.82, 2.24) is 24.9 Å². The Morgan fingerprint density at radius 2 is 1.81 bits per heavy atom. The van der Waals surface area contributed by atoms with Crippen LogP contribution >= 0.6 is 0 Å². The summed E-state index contributed by atoms with van der Waals surface area (Å²) >= 11 is 0. The van der Waals surface area contributed by atoms with Gasteiger partial charge in [-0.15, -0.1) is 0 Å². The predicted octanol–water partition coefficient (Wildman–Crippen LogP) is 5.47. The molecule has 0 aliphatic heterocycles. The molecule has 5 aromatic rings. The summed E-state index contributed by atoms with van der Waals surface area (Å²) in [5.41, 5.74) is 6.50. The number of H-pyrrole nitrogens is 1. The fourth-order valence-electron chi connectivity index (χ4n) is 4.61. The minimum atomic E-state index is -0.306. The molecule has 0 fully saturated rings. The summed E-state index contributed by atoms with van der Waals surface area (Å²) < 4.78 is 1.52. The summed E-state index contributed by atoms with van der Waals surface area (Å²) in [6.45, 7) is 9.92. The van der Waals surface area contributed by atoms with Crippen molar-refractivity contribution < 1.29 is 4.79 Å². The van der Waals surface area contributed by atoms with Crippen LogP contribution in [0.25, 0.3) is 27.7 Å². The Labute approximate surface area is 209 Å². The zero-order valence-electron chi connectivity index (χ0n) is 21.1. The lowest BCUT2D eigenvalue weighted by atomic mass is 10.0. The molecule has 0 unspecified atom stereocenters. The van der Waals surface area contributed by atoms with Crippen LogP contribution in [0, 0.1) is 13.8 Å². The van der Waals surface area contributed by atoms with Gasteiger partial charge in [0, 0.05) is 22.7 Å². The molecule has 0 saturated heterocycles. The summed E-state index contributed by atoms with van der Waals surface area (Å²) in [7, 11) is 0. The molecular formula is C29H29N5O2. The van der Waals surface area contributed by atoms with Crippen molar-refractivity contribution in [3.8, 4) is 11.3 Å². The highest BCUT2D eigenvalue weighted by Gasteiger charge is 2.25. The van der Waals surface area contributed by atoms with E-state index < -0.39 is 0 Å². The van der Waals surface area contributed by atoms with Crippen LogP contribution in [0.15, 0.2) is 65.7 Å². The quantitative estimate of drug-likeness (QED) is 0.350. The van der Waals surface area contributed by atoms with E-state index in [2.05, 4.69) is 20.4 Å². The molecule has 5 rings (SSSR count). The van der Waals surface area contributed by atoms with Crippen LogP contribution in [0.1, 0.15) is 65.5 Å². The highest BCUT2D eigenvalue weighted by atomic mass is 16.2. The van der Waals surface area contributed by atoms with Crippen molar-refractivity contribution in [1.29, 1.82) is 0 Å². The van der Waals surface area contributed by atoms with Gasteiger partial charge in [0.15, 0.2) is 5.69 Å². The molecule has 7 nitrogen and oxygen atoms in total. The minimum Gasteiger partial charge on any atom is -0.344 e. The van der Waals surface area contributed by atoms with Crippen LogP contribution < -0.4 is 10.9 Å². The summed E-state index contributed by atoms with van der Waals surface area (Å²) in [6.07, 6.45) is 3.49. The van der Waals surface area contributed by atoms with Gasteiger partial charge in [-0.3, -0.25) is 14.6 Å². The molecule has 182 valence electrons. The largest absolute Gasteiger partial charge is 0.344 e. The molecule has 3 aromatic heterocycles. The predicted molar refractivity (Wildman–Crippen MR) is 142 cm³/mol. The highest BCUT2D eigenvalue weighted by molar-refractivity contribution is 5.96. The lowest BCUT2D eigenvalue weighted by Crippen LogP contribution is -2.28. The summed E-state index contributed by atoms with van der Waals surface area (Å²) in [5.74, 6) is -0.380. The zero-order chi connectivity index (χ0) is 25.6. The fourth-order valence-corrected chi connectivity index (χ4v) is 4.61. The molecule has 1 amide bonds. The Kier molecular flexibility index (Phi) is 5.92. The molecule has 2 N–H and O–H groups in total. The standard InChI is InChI=1S/C29H29N5O2/c1-16(2)25-26(28(35)31-19(5)20-11-9-17(3)10-12-20)33-34-15-24(32-29(36)27(25)34)21-13-22-18(4)7-6-8-23(22)30-14-21/h6-16,19H,1-5H3,(H,31,35)(H,32,36)/t19-/m0/s1. The third-order valence-corrected chi connectivity index (χ3v) is 6.63. The number of aromatic amines is 1. The van der Waals surface area contributed by atoms with Crippen molar-refractivity contribution in [2.45, 2.75) is 46.6 Å². The molecule has 36 heavy (non-hydrogen) atoms. The van der Waals surface area contributed by atoms with Crippen LogP contribution in [0.5, 0.6) is 0 Å². The minimum absolute atomic E-state index is 0.0742. The van der Waals surface area contributed by atoms with Gasteiger partial charge in [-0.05, 0) is 49.9 Å². The van der Waals surface area contributed by atoms with Gasteiger partial charge >= 0.3 is 0 Å². The van der Waals surface area contributed by atoms with Crippen molar-refractivity contribution in [2.75, 3.05) is 0 Å². The number of pyridine rings is 1. The average Bonchev–Trinajstić information content (AvgIpc) is 3.25. The lowest BCUT2D eigenvalue weighted by Gasteiger charge is -2.15. The van der Waals surface area contributed by atoms with Crippen LogP contribution in [0.4, 0.5) is 0 Å². The number of amides is 1. The van der Waals surface area contributed by atoms with E-state index in [1.165, 1.54) is 4.52 Å². The van der Waals surface area contributed by atoms with Gasteiger partial charge in [-0.25, -0.2) is 4.52 Å². The third kappa shape index (κ3) is 4.17. The van der Waals surface area contributed by atoms with Gasteiger partial charge < -0.3 is 10.3 Å². The number of fused-ring (bicyclic) bond motifs is 2. The number of benzene rings is 2. The molecular weight excluding hydrogens is 450 g/mol. The summed E-state index contributed by atoms with van der Waals surface area (Å²) in [5, 5.41) is 8.65. The summed E-state index contributed by atoms with van der Waals surface area (Å²) in [6, 6.07) is 15.8. The molecule has 2 aromatic carbocycles. The number of rotatable bonds is 5. The number of nitrogens with zero attached hydrogens (tertiary/aromatic N) is 3. The molecule has 0 radical (unpaired) electrons. The number of aryl methyl sites for hydroxylation is 2. The second-order valence-corrected chi connectivity index (χ2v) is 9.68. The van der Waals surface area contributed by atoms with E-state index in [-0.39, 0.29) is 29.1 Å². The van der Waals surface area contributed by atoms with Crippen molar-refractivity contribution >= 4 is 22.3 Å². The van der Waals surface area contributed by atoms with Crippen molar-refractivity contribution in [3.63, 3.8) is 0 Å². The van der Waals surface area contributed by atoms with E-state index in [4.69, 9.17) is 0 Å². The van der Waals surface area contributed by atoms with E-state index in [0.717, 1.165) is 33.2 Å². The van der Waals surface area contributed by atoms with Crippen molar-refractivity contribution in [3.05, 3.63) is 99.2 Å². The van der Waals surface area contributed by atoms with E-state index in [1.54, 1.807) is 12.4 Å². The SMILES string of the molecule is Cc1ccc([C@H](C)NC(=O)c2nn3cc(-c4cnc5cccc(C)c5c4)[nH]c(=O)c3c2C(C)C)cc1. The van der Waals surface area contributed by atoms with Crippen molar-refractivity contribution in [2.24, 2.45) is 0 Å². The van der Waals surface area contributed by atoms with E-state index in [9.17, 15) is 9.59 Å². The summed E-state index contributed by atoms with van der Waals surface area (Å²) in [4.78, 5) is 34.1. The van der Waals surface area contributed by atoms with Crippen LogP contribution in [0.2, 0.25) is 0 Å². The van der Waals surface area contributed by atoms with Crippen LogP contribution in [0.3, 0.4) is 0 Å². The molecule has 0 aliphatic rings. The smallest absolute Gasteiger partial charge is 0.274 e. The Morgan fingerprint density at radius 1 is 1.06 bits per heavy atom. The highest BCUT2D eigenvalue weighted by Crippen LogP contribution is 2.27. The first-order valence-corrected chi connectivity index (χ1v) is 12.1. The van der Waals surface area contributed by atoms with E-state index in [1.807, 2.05) is 83.1 Å². The second kappa shape index (κ2) is 9.07. The second-order valence-electron chi connectivity index (χ2n) is 9.68. The lowest BCUT2D eigenvalue weighted by molar-refractivity contribution is 0.0933. The van der Waals surface area contributed by atoms with Crippen LogP contribution in [-0.2, 0) is 0 Å². The number of carbonyl (C=O) groups excluding carboxylic acids is 1. The first kappa shape index (κ1) is 23.5. The molecule has 0 bridgehead atoms. The third-order valence-electron chi connectivity index (χ3n) is 6.63. The van der Waals surface area contributed by atoms with E-state index >= 15 is 0 Å². The van der Waals surface area contributed by atoms with Gasteiger partial charge in [0.05, 0.1) is 23.4 Å². The maximum atomic E-state index is 13.3. The Hall–Kier alpha value is -4.26. The maximum Gasteiger partial charge on any atom is 0.274 e. The Balaban J connectivity index is 1.57. The first-order chi connectivity index (χ1) is 17.2. The monoisotopic (exact) mass is 479 g/mol. The van der Waals surface area contributed by atoms with Gasteiger partial charge in [0.25, 0.3) is 11.5 Å². The number of hydrogen-bond acceptors (Lipinski definition) is 4. The normalized spacial score (nSPS) is 12.4. The topological polar surface area (TPSA) is 92.2 Å². The van der Waals surface area contributed by atoms with Crippen LogP contribution in [-0.4, -0.2) is 25.5 Å². The Bertz CT molecular complexity index is 1660. The molecule has 1 atom stereocenters.